The average Bonchev–Trinajstić information content (AvgIpc) is 2.96. The maximum absolute atomic E-state index is 13.2. The predicted octanol–water partition coefficient (Wildman–Crippen LogP) is 4.27. The predicted molar refractivity (Wildman–Crippen MR) is 99.9 cm³/mol. The number of aromatic nitrogens is 1. The van der Waals surface area contributed by atoms with Crippen LogP contribution in [0, 0.1) is 5.82 Å². The van der Waals surface area contributed by atoms with Crippen molar-refractivity contribution in [3.8, 4) is 0 Å². The zero-order valence-corrected chi connectivity index (χ0v) is 14.4. The number of hydrogen-bond donors (Lipinski definition) is 1. The van der Waals surface area contributed by atoms with E-state index in [0.29, 0.717) is 5.57 Å². The lowest BCUT2D eigenvalue weighted by atomic mass is 9.94. The fourth-order valence-corrected chi connectivity index (χ4v) is 3.40. The van der Waals surface area contributed by atoms with Gasteiger partial charge in [-0.3, -0.25) is 9.78 Å². The molecule has 5 heteroatoms. The zero-order valence-electron chi connectivity index (χ0n) is 14.4. The minimum atomic E-state index is -0.473. The summed E-state index contributed by atoms with van der Waals surface area (Å²) in [5.41, 5.74) is 2.91. The molecule has 0 aliphatic carbocycles. The zero-order chi connectivity index (χ0) is 18.8. The molecule has 2 heterocycles. The summed E-state index contributed by atoms with van der Waals surface area (Å²) >= 11 is 0. The van der Waals surface area contributed by atoms with Crippen molar-refractivity contribution in [2.45, 2.75) is 12.6 Å². The third-order valence-corrected chi connectivity index (χ3v) is 4.65. The highest BCUT2D eigenvalue weighted by Gasteiger charge is 2.41. The Hall–Kier alpha value is -3.47. The first-order valence-electron chi connectivity index (χ1n) is 8.59. The molecule has 134 valence electrons. The second-order valence-corrected chi connectivity index (χ2v) is 6.38. The fraction of sp³-hybridized carbons (Fsp3) is 0.0909. The minimum Gasteiger partial charge on any atom is -0.503 e. The van der Waals surface area contributed by atoms with Crippen LogP contribution in [0.25, 0.3) is 5.57 Å². The van der Waals surface area contributed by atoms with E-state index in [0.717, 1.165) is 16.7 Å². The smallest absolute Gasteiger partial charge is 0.290 e. The number of carbonyl (C=O) groups excluding carboxylic acids is 1. The molecular weight excluding hydrogens is 343 g/mol. The first kappa shape index (κ1) is 17.0. The van der Waals surface area contributed by atoms with Crippen LogP contribution in [0.2, 0.25) is 0 Å². The Bertz CT molecular complexity index is 986. The van der Waals surface area contributed by atoms with E-state index in [9.17, 15) is 14.3 Å². The van der Waals surface area contributed by atoms with E-state index < -0.39 is 11.9 Å². The van der Waals surface area contributed by atoms with E-state index in [-0.39, 0.29) is 18.1 Å². The van der Waals surface area contributed by atoms with E-state index in [4.69, 9.17) is 0 Å². The quantitative estimate of drug-likeness (QED) is 0.756. The molecule has 0 saturated heterocycles. The van der Waals surface area contributed by atoms with Crippen LogP contribution in [0.4, 0.5) is 4.39 Å². The Morgan fingerprint density at radius 3 is 2.41 bits per heavy atom. The maximum atomic E-state index is 13.2. The third kappa shape index (κ3) is 3.19. The number of amides is 1. The summed E-state index contributed by atoms with van der Waals surface area (Å²) in [4.78, 5) is 18.6. The number of benzene rings is 2. The lowest BCUT2D eigenvalue weighted by molar-refractivity contribution is -0.130. The molecule has 1 unspecified atom stereocenters. The highest BCUT2D eigenvalue weighted by Crippen LogP contribution is 2.43. The van der Waals surface area contributed by atoms with Gasteiger partial charge in [-0.2, -0.15) is 0 Å². The minimum absolute atomic E-state index is 0.249. The largest absolute Gasteiger partial charge is 0.503 e. The topological polar surface area (TPSA) is 53.4 Å². The van der Waals surface area contributed by atoms with Crippen molar-refractivity contribution >= 4 is 11.5 Å². The molecule has 27 heavy (non-hydrogen) atoms. The Kier molecular flexibility index (Phi) is 4.42. The summed E-state index contributed by atoms with van der Waals surface area (Å²) in [5, 5.41) is 10.6. The second-order valence-electron chi connectivity index (χ2n) is 6.38. The Balaban J connectivity index is 1.79. The van der Waals surface area contributed by atoms with Crippen LogP contribution in [-0.4, -0.2) is 20.9 Å². The van der Waals surface area contributed by atoms with Crippen LogP contribution in [0.3, 0.4) is 0 Å². The van der Waals surface area contributed by atoms with Gasteiger partial charge in [0.05, 0.1) is 6.04 Å². The van der Waals surface area contributed by atoms with E-state index in [1.54, 1.807) is 35.5 Å². The number of aliphatic hydroxyl groups excluding tert-OH is 1. The van der Waals surface area contributed by atoms with Crippen molar-refractivity contribution in [3.05, 3.63) is 107 Å². The normalized spacial score (nSPS) is 16.9. The van der Waals surface area contributed by atoms with Gasteiger partial charge in [0.1, 0.15) is 5.82 Å². The highest BCUT2D eigenvalue weighted by molar-refractivity contribution is 6.05. The number of carbonyl (C=O) groups is 1. The maximum Gasteiger partial charge on any atom is 0.290 e. The standard InChI is InChI=1S/C22H17FN2O2/c23-18-10-8-15(9-11-18)14-25-20(17-7-4-12-24-13-17)19(21(26)22(25)27)16-5-2-1-3-6-16/h1-13,20,26H,14H2. The van der Waals surface area contributed by atoms with Crippen LogP contribution >= 0.6 is 0 Å². The Labute approximate surface area is 156 Å². The molecule has 4 nitrogen and oxygen atoms in total. The second kappa shape index (κ2) is 7.03. The van der Waals surface area contributed by atoms with Crippen LogP contribution in [0.1, 0.15) is 22.7 Å². The Morgan fingerprint density at radius 2 is 1.74 bits per heavy atom. The van der Waals surface area contributed by atoms with Gasteiger partial charge in [-0.05, 0) is 34.9 Å². The molecule has 0 fully saturated rings. The van der Waals surface area contributed by atoms with Crippen molar-refractivity contribution in [1.82, 2.24) is 9.88 Å². The molecule has 0 saturated carbocycles. The SMILES string of the molecule is O=C1C(O)=C(c2ccccc2)C(c2cccnc2)N1Cc1ccc(F)cc1. The van der Waals surface area contributed by atoms with Gasteiger partial charge in [0.25, 0.3) is 5.91 Å². The summed E-state index contributed by atoms with van der Waals surface area (Å²) in [6, 6.07) is 18.5. The number of pyridine rings is 1. The molecule has 0 bridgehead atoms. The van der Waals surface area contributed by atoms with Gasteiger partial charge >= 0.3 is 0 Å². The highest BCUT2D eigenvalue weighted by atomic mass is 19.1. The molecule has 4 rings (SSSR count). The van der Waals surface area contributed by atoms with Gasteiger partial charge in [0.2, 0.25) is 0 Å². The lowest BCUT2D eigenvalue weighted by Crippen LogP contribution is -2.29. The molecule has 1 N–H and O–H groups in total. The van der Waals surface area contributed by atoms with Gasteiger partial charge < -0.3 is 10.0 Å². The van der Waals surface area contributed by atoms with Crippen LogP contribution in [0.5, 0.6) is 0 Å². The summed E-state index contributed by atoms with van der Waals surface area (Å²) < 4.78 is 13.2. The van der Waals surface area contributed by atoms with Crippen LogP contribution in [-0.2, 0) is 11.3 Å². The van der Waals surface area contributed by atoms with Crippen LogP contribution < -0.4 is 0 Å². The molecule has 0 radical (unpaired) electrons. The van der Waals surface area contributed by atoms with Gasteiger partial charge in [-0.1, -0.05) is 48.5 Å². The first-order chi connectivity index (χ1) is 13.1. The van der Waals surface area contributed by atoms with E-state index in [1.165, 1.54) is 12.1 Å². The molecule has 0 spiro atoms. The molecule has 2 aromatic carbocycles. The Morgan fingerprint density at radius 1 is 1.00 bits per heavy atom. The lowest BCUT2D eigenvalue weighted by Gasteiger charge is -2.27. The monoisotopic (exact) mass is 360 g/mol. The van der Waals surface area contributed by atoms with Crippen LogP contribution in [0.15, 0.2) is 84.9 Å². The molecular formula is C22H17FN2O2. The number of hydrogen-bond acceptors (Lipinski definition) is 3. The van der Waals surface area contributed by atoms with Gasteiger partial charge in [0.15, 0.2) is 5.76 Å². The van der Waals surface area contributed by atoms with Crippen molar-refractivity contribution in [1.29, 1.82) is 0 Å². The summed E-state index contributed by atoms with van der Waals surface area (Å²) in [6.07, 6.45) is 3.35. The number of nitrogens with zero attached hydrogens (tertiary/aromatic N) is 2. The fourth-order valence-electron chi connectivity index (χ4n) is 3.40. The van der Waals surface area contributed by atoms with Crippen molar-refractivity contribution < 1.29 is 14.3 Å². The molecule has 3 aromatic rings. The average molecular weight is 360 g/mol. The molecule has 1 aromatic heterocycles. The van der Waals surface area contributed by atoms with Gasteiger partial charge in [-0.25, -0.2) is 4.39 Å². The summed E-state index contributed by atoms with van der Waals surface area (Å²) in [5.74, 6) is -1.05. The number of halogens is 1. The molecule has 1 aliphatic rings. The van der Waals surface area contributed by atoms with Crippen molar-refractivity contribution in [2.24, 2.45) is 0 Å². The number of aliphatic hydroxyl groups is 1. The number of rotatable bonds is 4. The van der Waals surface area contributed by atoms with E-state index in [2.05, 4.69) is 4.98 Å². The third-order valence-electron chi connectivity index (χ3n) is 4.65. The van der Waals surface area contributed by atoms with Crippen molar-refractivity contribution in [2.75, 3.05) is 0 Å². The summed E-state index contributed by atoms with van der Waals surface area (Å²) in [7, 11) is 0. The van der Waals surface area contributed by atoms with E-state index >= 15 is 0 Å². The molecule has 1 amide bonds. The van der Waals surface area contributed by atoms with Crippen molar-refractivity contribution in [3.63, 3.8) is 0 Å². The molecule has 1 aliphatic heterocycles. The first-order valence-corrected chi connectivity index (χ1v) is 8.59. The molecule has 1 atom stereocenters. The summed E-state index contributed by atoms with van der Waals surface area (Å²) in [6.45, 7) is 0.249. The van der Waals surface area contributed by atoms with E-state index in [1.807, 2.05) is 36.4 Å². The van der Waals surface area contributed by atoms with Gasteiger partial charge in [0, 0.05) is 24.5 Å². The van der Waals surface area contributed by atoms with Gasteiger partial charge in [-0.15, -0.1) is 0 Å².